The van der Waals surface area contributed by atoms with Crippen LogP contribution in [0.1, 0.15) is 32.6 Å². The summed E-state index contributed by atoms with van der Waals surface area (Å²) in [7, 11) is 2.09. The maximum absolute atomic E-state index is 13.6. The van der Waals surface area contributed by atoms with Crippen LogP contribution in [0.3, 0.4) is 0 Å². The Hall–Kier alpha value is -5.46. The number of benzene rings is 3. The number of sulfonamides is 1. The maximum atomic E-state index is 13.6. The van der Waals surface area contributed by atoms with E-state index in [0.29, 0.717) is 66.8 Å². The quantitative estimate of drug-likeness (QED) is 0.0743. The molecule has 1 heterocycles. The number of carbonyl (C=O) groups excluding carboxylic acids is 1. The second-order valence-corrected chi connectivity index (χ2v) is 14.1. The molecule has 300 valence electrons. The number of hydrogen-bond acceptors (Lipinski definition) is 12. The average Bonchev–Trinajstić information content (AvgIpc) is 3.42. The van der Waals surface area contributed by atoms with Crippen LogP contribution in [0.4, 0.5) is 5.69 Å². The summed E-state index contributed by atoms with van der Waals surface area (Å²) in [4.78, 5) is 39.8. The first-order chi connectivity index (χ1) is 26.3. The summed E-state index contributed by atoms with van der Waals surface area (Å²) in [6.45, 7) is 4.25. The normalized spacial score (nSPS) is 11.4. The second kappa shape index (κ2) is 20.3. The van der Waals surface area contributed by atoms with Crippen LogP contribution in [0.25, 0.3) is 11.0 Å². The summed E-state index contributed by atoms with van der Waals surface area (Å²) >= 11 is 0. The number of hydrogen-bond donors (Lipinski definition) is 4. The SMILES string of the molecule is CCCOc1cc(OCCCCN(C)CC(=O)NCCOCCC(=O)O)cc(Oc2cc3c(cc2NS(=O)(=O)c2ccc(OC)c(OC)c2)[nH]c(=O)n3C)c1. The van der Waals surface area contributed by atoms with Crippen LogP contribution in [-0.2, 0) is 31.4 Å². The molecule has 3 aromatic carbocycles. The van der Waals surface area contributed by atoms with Gasteiger partial charge in [0, 0.05) is 43.9 Å². The number of carboxylic acids is 1. The molecule has 0 aliphatic carbocycles. The van der Waals surface area contributed by atoms with Crippen LogP contribution in [0.5, 0.6) is 34.5 Å². The molecule has 4 aromatic rings. The molecule has 0 bridgehead atoms. The Morgan fingerprint density at radius 1 is 0.891 bits per heavy atom. The third-order valence-electron chi connectivity index (χ3n) is 8.11. The van der Waals surface area contributed by atoms with Crippen molar-refractivity contribution in [2.24, 2.45) is 7.05 Å². The number of H-pyrrole nitrogens is 1. The minimum atomic E-state index is -4.19. The number of imidazole rings is 1. The molecule has 0 saturated carbocycles. The number of nitrogens with zero attached hydrogens (tertiary/aromatic N) is 2. The van der Waals surface area contributed by atoms with Crippen LogP contribution < -0.4 is 39.4 Å². The predicted molar refractivity (Wildman–Crippen MR) is 205 cm³/mol. The van der Waals surface area contributed by atoms with E-state index in [1.807, 2.05) is 18.9 Å². The van der Waals surface area contributed by atoms with Crippen LogP contribution in [0.2, 0.25) is 0 Å². The molecule has 17 nitrogen and oxygen atoms in total. The molecule has 18 heteroatoms. The van der Waals surface area contributed by atoms with Gasteiger partial charge < -0.3 is 43.8 Å². The van der Waals surface area contributed by atoms with Gasteiger partial charge in [0.15, 0.2) is 17.2 Å². The Morgan fingerprint density at radius 2 is 1.60 bits per heavy atom. The molecule has 1 amide bonds. The molecular weight excluding hydrogens is 738 g/mol. The van der Waals surface area contributed by atoms with Crippen molar-refractivity contribution in [3.8, 4) is 34.5 Å². The van der Waals surface area contributed by atoms with Crippen molar-refractivity contribution in [3.05, 3.63) is 59.0 Å². The molecule has 0 aliphatic rings. The highest BCUT2D eigenvalue weighted by atomic mass is 32.2. The molecule has 1 aromatic heterocycles. The summed E-state index contributed by atoms with van der Waals surface area (Å²) in [5.41, 5.74) is 0.541. The average molecular weight is 788 g/mol. The number of carboxylic acid groups (broad SMARTS) is 1. The number of aromatic amines is 1. The van der Waals surface area contributed by atoms with Gasteiger partial charge in [-0.3, -0.25) is 23.8 Å². The Morgan fingerprint density at radius 3 is 2.29 bits per heavy atom. The van der Waals surface area contributed by atoms with Gasteiger partial charge in [-0.15, -0.1) is 0 Å². The summed E-state index contributed by atoms with van der Waals surface area (Å²) < 4.78 is 65.3. The van der Waals surface area contributed by atoms with Crippen LogP contribution in [-0.4, -0.2) is 107 Å². The van der Waals surface area contributed by atoms with Crippen molar-refractivity contribution in [2.75, 3.05) is 72.1 Å². The third-order valence-corrected chi connectivity index (χ3v) is 9.48. The highest BCUT2D eigenvalue weighted by Gasteiger charge is 2.22. The number of ether oxygens (including phenoxy) is 6. The van der Waals surface area contributed by atoms with E-state index in [-0.39, 0.29) is 54.2 Å². The van der Waals surface area contributed by atoms with Crippen molar-refractivity contribution >= 4 is 38.6 Å². The smallest absolute Gasteiger partial charge is 0.326 e. The van der Waals surface area contributed by atoms with Crippen LogP contribution >= 0.6 is 0 Å². The van der Waals surface area contributed by atoms with Crippen molar-refractivity contribution in [3.63, 3.8) is 0 Å². The topological polar surface area (TPSA) is 209 Å². The zero-order chi connectivity index (χ0) is 40.0. The fraction of sp³-hybridized carbons (Fsp3) is 0.432. The molecule has 0 radical (unpaired) electrons. The van der Waals surface area contributed by atoms with E-state index in [9.17, 15) is 22.8 Å². The number of nitrogens with one attached hydrogen (secondary N) is 3. The Labute approximate surface area is 319 Å². The minimum Gasteiger partial charge on any atom is -0.493 e. The molecule has 0 unspecified atom stereocenters. The highest BCUT2D eigenvalue weighted by molar-refractivity contribution is 7.92. The van der Waals surface area contributed by atoms with Crippen LogP contribution in [0.15, 0.2) is 58.2 Å². The lowest BCUT2D eigenvalue weighted by molar-refractivity contribution is -0.138. The van der Waals surface area contributed by atoms with E-state index in [1.54, 1.807) is 31.3 Å². The van der Waals surface area contributed by atoms with Crippen molar-refractivity contribution < 1.29 is 51.5 Å². The fourth-order valence-electron chi connectivity index (χ4n) is 5.30. The third kappa shape index (κ3) is 12.5. The number of likely N-dealkylation sites (N-methyl/N-ethyl adjacent to an activating group) is 1. The number of aliphatic carboxylic acids is 1. The lowest BCUT2D eigenvalue weighted by Gasteiger charge is -2.17. The number of methoxy groups -OCH3 is 2. The molecule has 4 rings (SSSR count). The molecule has 4 N–H and O–H groups in total. The summed E-state index contributed by atoms with van der Waals surface area (Å²) in [5.74, 6) is 0.850. The number of fused-ring (bicyclic) bond motifs is 1. The molecular formula is C37H49N5O12S. The number of amides is 1. The minimum absolute atomic E-state index is 0.0633. The standard InChI is InChI=1S/C37H49N5O12S/c1-6-14-52-25-18-26(53-15-8-7-13-41(2)24-35(43)38-12-17-51-16-11-36(44)45)20-27(19-25)54-33-23-31-29(39-37(46)42(31)3)22-30(33)40-55(47,48)28-9-10-32(49-4)34(21-28)50-5/h9-10,18-23,40H,6-8,11-17,24H2,1-5H3,(H,38,43)(H,39,46)(H,44,45). The molecule has 0 spiro atoms. The van der Waals surface area contributed by atoms with E-state index in [0.717, 1.165) is 12.8 Å². The van der Waals surface area contributed by atoms with E-state index >= 15 is 0 Å². The first-order valence-electron chi connectivity index (χ1n) is 17.6. The van der Waals surface area contributed by atoms with Gasteiger partial charge in [-0.1, -0.05) is 6.92 Å². The van der Waals surface area contributed by atoms with Gasteiger partial charge >= 0.3 is 11.7 Å². The predicted octanol–water partition coefficient (Wildman–Crippen LogP) is 3.96. The summed E-state index contributed by atoms with van der Waals surface area (Å²) in [6, 6.07) is 12.3. The molecule has 0 aliphatic heterocycles. The van der Waals surface area contributed by atoms with Gasteiger partial charge in [0.05, 0.1) is 75.2 Å². The van der Waals surface area contributed by atoms with E-state index in [2.05, 4.69) is 15.0 Å². The monoisotopic (exact) mass is 787 g/mol. The largest absolute Gasteiger partial charge is 0.493 e. The van der Waals surface area contributed by atoms with Crippen molar-refractivity contribution in [1.29, 1.82) is 0 Å². The van der Waals surface area contributed by atoms with Gasteiger partial charge in [-0.05, 0) is 51.1 Å². The number of aryl methyl sites for hydroxylation is 1. The fourth-order valence-corrected chi connectivity index (χ4v) is 6.38. The van der Waals surface area contributed by atoms with Crippen molar-refractivity contribution in [1.82, 2.24) is 19.8 Å². The molecule has 0 saturated heterocycles. The van der Waals surface area contributed by atoms with Gasteiger partial charge in [0.1, 0.15) is 17.2 Å². The number of unbranched alkanes of at least 4 members (excludes halogenated alkanes) is 1. The Balaban J connectivity index is 1.44. The zero-order valence-electron chi connectivity index (χ0n) is 31.6. The second-order valence-electron chi connectivity index (χ2n) is 12.5. The van der Waals surface area contributed by atoms with Gasteiger partial charge in [0.25, 0.3) is 10.0 Å². The van der Waals surface area contributed by atoms with Crippen LogP contribution in [0, 0.1) is 0 Å². The lowest BCUT2D eigenvalue weighted by Crippen LogP contribution is -2.37. The zero-order valence-corrected chi connectivity index (χ0v) is 32.5. The van der Waals surface area contributed by atoms with Gasteiger partial charge in [-0.2, -0.15) is 0 Å². The maximum Gasteiger partial charge on any atom is 0.326 e. The highest BCUT2D eigenvalue weighted by Crippen LogP contribution is 2.38. The molecule has 0 fully saturated rings. The van der Waals surface area contributed by atoms with Crippen molar-refractivity contribution in [2.45, 2.75) is 37.5 Å². The Bertz CT molecular complexity index is 2080. The van der Waals surface area contributed by atoms with Gasteiger partial charge in [-0.25, -0.2) is 13.2 Å². The number of rotatable bonds is 24. The van der Waals surface area contributed by atoms with E-state index in [4.69, 9.17) is 33.5 Å². The first kappa shape index (κ1) is 42.3. The first-order valence-corrected chi connectivity index (χ1v) is 19.1. The summed E-state index contributed by atoms with van der Waals surface area (Å²) in [5, 5.41) is 11.4. The van der Waals surface area contributed by atoms with Gasteiger partial charge in [0.2, 0.25) is 5.91 Å². The lowest BCUT2D eigenvalue weighted by atomic mass is 10.2. The van der Waals surface area contributed by atoms with E-state index < -0.39 is 21.7 Å². The molecule has 55 heavy (non-hydrogen) atoms. The summed E-state index contributed by atoms with van der Waals surface area (Å²) in [6.07, 6.45) is 2.10. The number of aromatic nitrogens is 2. The Kier molecular flexibility index (Phi) is 15.6. The number of anilines is 1. The van der Waals surface area contributed by atoms with E-state index in [1.165, 1.54) is 43.1 Å². The molecule has 0 atom stereocenters. The number of carbonyl (C=O) groups is 2.